The van der Waals surface area contributed by atoms with Crippen molar-refractivity contribution in [1.29, 1.82) is 0 Å². The summed E-state index contributed by atoms with van der Waals surface area (Å²) in [6.07, 6.45) is 6.62. The van der Waals surface area contributed by atoms with E-state index in [2.05, 4.69) is 42.7 Å². The predicted molar refractivity (Wildman–Crippen MR) is 107 cm³/mol. The van der Waals surface area contributed by atoms with Gasteiger partial charge in [0.2, 0.25) is 5.91 Å². The van der Waals surface area contributed by atoms with Crippen LogP contribution in [0.5, 0.6) is 0 Å². The van der Waals surface area contributed by atoms with Crippen molar-refractivity contribution in [2.75, 3.05) is 0 Å². The van der Waals surface area contributed by atoms with E-state index in [1.807, 2.05) is 12.1 Å². The van der Waals surface area contributed by atoms with Crippen molar-refractivity contribution in [1.82, 2.24) is 4.57 Å². The van der Waals surface area contributed by atoms with E-state index in [0.29, 0.717) is 17.4 Å². The number of carbonyl (C=O) groups is 1. The van der Waals surface area contributed by atoms with E-state index < -0.39 is 0 Å². The van der Waals surface area contributed by atoms with Gasteiger partial charge in [-0.05, 0) is 54.5 Å². The van der Waals surface area contributed by atoms with Crippen molar-refractivity contribution in [3.63, 3.8) is 0 Å². The molecule has 0 spiro atoms. The number of nitrogens with zero attached hydrogens (tertiary/aromatic N) is 1. The fourth-order valence-corrected chi connectivity index (χ4v) is 4.44. The monoisotopic (exact) mass is 347 g/mol. The van der Waals surface area contributed by atoms with Gasteiger partial charge in [-0.1, -0.05) is 45.2 Å². The Hall–Kier alpha value is -2.29. The van der Waals surface area contributed by atoms with Gasteiger partial charge in [0.1, 0.15) is 0 Å². The van der Waals surface area contributed by atoms with Crippen LogP contribution in [-0.4, -0.2) is 10.5 Å². The van der Waals surface area contributed by atoms with Crippen LogP contribution >= 0.6 is 0 Å². The van der Waals surface area contributed by atoms with Gasteiger partial charge in [0.15, 0.2) is 0 Å². The molecule has 3 nitrogen and oxygen atoms in total. The minimum Gasteiger partial charge on any atom is -0.366 e. The number of rotatable bonds is 4. The Bertz CT molecular complexity index is 961. The number of aromatic nitrogens is 1. The number of primary amides is 1. The lowest BCUT2D eigenvalue weighted by atomic mass is 9.89. The molecule has 1 radical (unpaired) electrons. The summed E-state index contributed by atoms with van der Waals surface area (Å²) in [5.41, 5.74) is 9.86. The fourth-order valence-electron chi connectivity index (χ4n) is 4.44. The maximum atomic E-state index is 12.0. The van der Waals surface area contributed by atoms with Gasteiger partial charge in [-0.3, -0.25) is 4.79 Å². The van der Waals surface area contributed by atoms with Gasteiger partial charge < -0.3 is 10.3 Å². The highest BCUT2D eigenvalue weighted by Gasteiger charge is 2.20. The molecule has 4 rings (SSSR count). The van der Waals surface area contributed by atoms with Crippen molar-refractivity contribution in [2.45, 2.75) is 58.4 Å². The van der Waals surface area contributed by atoms with Gasteiger partial charge in [0.25, 0.3) is 0 Å². The lowest BCUT2D eigenvalue weighted by molar-refractivity contribution is 0.100. The number of hydrogen-bond donors (Lipinski definition) is 1. The van der Waals surface area contributed by atoms with Crippen molar-refractivity contribution < 1.29 is 4.79 Å². The average molecular weight is 347 g/mol. The lowest BCUT2D eigenvalue weighted by Crippen LogP contribution is -2.14. The van der Waals surface area contributed by atoms with E-state index in [9.17, 15) is 4.79 Å². The number of nitrogens with two attached hydrogens (primary N) is 1. The minimum absolute atomic E-state index is 0.367. The standard InChI is InChI=1S/C23H27N2O/c1-15(2)17-11-12-18-21(13-17)25(14-16-7-4-3-5-8-16)20-10-6-9-19(22(18)20)23(24)26/h6,9-11,13,15-16H,3-5,7-8,14H2,1-2H3,(H2,24,26). The van der Waals surface area contributed by atoms with Crippen molar-refractivity contribution in [3.8, 4) is 0 Å². The molecular formula is C23H27N2O. The topological polar surface area (TPSA) is 48.0 Å². The molecule has 1 aromatic heterocycles. The molecule has 3 aromatic rings. The molecular weight excluding hydrogens is 320 g/mol. The van der Waals surface area contributed by atoms with Crippen molar-refractivity contribution in [2.24, 2.45) is 11.7 Å². The average Bonchev–Trinajstić information content (AvgIpc) is 2.96. The zero-order valence-electron chi connectivity index (χ0n) is 15.7. The summed E-state index contributed by atoms with van der Waals surface area (Å²) in [4.78, 5) is 12.0. The third kappa shape index (κ3) is 2.90. The van der Waals surface area contributed by atoms with E-state index in [4.69, 9.17) is 5.73 Å². The van der Waals surface area contributed by atoms with Gasteiger partial charge in [0.05, 0.1) is 5.52 Å². The molecule has 1 heterocycles. The van der Waals surface area contributed by atoms with Gasteiger partial charge >= 0.3 is 0 Å². The summed E-state index contributed by atoms with van der Waals surface area (Å²) in [5.74, 6) is 0.795. The number of carbonyl (C=O) groups excluding carboxylic acids is 1. The zero-order chi connectivity index (χ0) is 18.3. The number of fused-ring (bicyclic) bond motifs is 3. The Balaban J connectivity index is 1.97. The summed E-state index contributed by atoms with van der Waals surface area (Å²) >= 11 is 0. The van der Waals surface area contributed by atoms with E-state index in [1.54, 1.807) is 0 Å². The van der Waals surface area contributed by atoms with Crippen molar-refractivity contribution in [3.05, 3.63) is 47.5 Å². The van der Waals surface area contributed by atoms with E-state index >= 15 is 0 Å². The Labute approximate surface area is 155 Å². The second-order valence-electron chi connectivity index (χ2n) is 8.03. The normalized spacial score (nSPS) is 16.0. The van der Waals surface area contributed by atoms with E-state index in [-0.39, 0.29) is 5.91 Å². The largest absolute Gasteiger partial charge is 0.366 e. The van der Waals surface area contributed by atoms with E-state index in [0.717, 1.165) is 22.8 Å². The lowest BCUT2D eigenvalue weighted by Gasteiger charge is -2.23. The maximum Gasteiger partial charge on any atom is 0.249 e. The molecule has 3 heteroatoms. The molecule has 0 aliphatic heterocycles. The SMILES string of the molecule is CC(C)c1c[c]c2c3c(C(N)=O)cccc3n(CC3CCCCC3)c2c1. The van der Waals surface area contributed by atoms with Crippen molar-refractivity contribution >= 4 is 27.7 Å². The molecule has 0 unspecified atom stereocenters. The predicted octanol–water partition coefficient (Wildman–Crippen LogP) is 5.40. The third-order valence-electron chi connectivity index (χ3n) is 5.91. The van der Waals surface area contributed by atoms with Crippen LogP contribution in [0.2, 0.25) is 0 Å². The molecule has 1 amide bonds. The van der Waals surface area contributed by atoms with Gasteiger partial charge in [-0.25, -0.2) is 0 Å². The molecule has 1 fully saturated rings. The first-order valence-electron chi connectivity index (χ1n) is 9.82. The Morgan fingerprint density at radius 3 is 2.69 bits per heavy atom. The van der Waals surface area contributed by atoms with Crippen LogP contribution in [0.1, 0.15) is 67.8 Å². The first-order valence-corrected chi connectivity index (χ1v) is 9.82. The summed E-state index contributed by atoms with van der Waals surface area (Å²) in [6.45, 7) is 5.42. The molecule has 0 bridgehead atoms. The molecule has 2 aromatic carbocycles. The van der Waals surface area contributed by atoms with Gasteiger partial charge in [0, 0.05) is 28.4 Å². The van der Waals surface area contributed by atoms with Crippen LogP contribution in [-0.2, 0) is 6.54 Å². The quantitative estimate of drug-likeness (QED) is 0.675. The molecule has 1 aliphatic carbocycles. The van der Waals surface area contributed by atoms with Crippen LogP contribution in [0.25, 0.3) is 21.8 Å². The summed E-state index contributed by atoms with van der Waals surface area (Å²) < 4.78 is 2.41. The first-order chi connectivity index (χ1) is 12.6. The highest BCUT2D eigenvalue weighted by atomic mass is 16.1. The molecule has 135 valence electrons. The molecule has 1 aliphatic rings. The fraction of sp³-hybridized carbons (Fsp3) is 0.435. The first kappa shape index (κ1) is 17.1. The summed E-state index contributed by atoms with van der Waals surface area (Å²) in [5, 5.41) is 1.98. The second-order valence-corrected chi connectivity index (χ2v) is 8.03. The maximum absolute atomic E-state index is 12.0. The molecule has 26 heavy (non-hydrogen) atoms. The number of amides is 1. The highest BCUT2D eigenvalue weighted by molar-refractivity contribution is 6.17. The number of benzene rings is 2. The van der Waals surface area contributed by atoms with Crippen LogP contribution in [0, 0.1) is 12.0 Å². The molecule has 2 N–H and O–H groups in total. The minimum atomic E-state index is -0.367. The summed E-state index contributed by atoms with van der Waals surface area (Å²) in [6, 6.07) is 13.7. The van der Waals surface area contributed by atoms with Gasteiger partial charge in [-0.15, -0.1) is 0 Å². The Kier molecular flexibility index (Phi) is 4.47. The van der Waals surface area contributed by atoms with Crippen LogP contribution in [0.3, 0.4) is 0 Å². The Morgan fingerprint density at radius 2 is 2.00 bits per heavy atom. The highest BCUT2D eigenvalue weighted by Crippen LogP contribution is 2.35. The molecule has 0 saturated heterocycles. The second kappa shape index (κ2) is 6.79. The zero-order valence-corrected chi connectivity index (χ0v) is 15.7. The van der Waals surface area contributed by atoms with Gasteiger partial charge in [-0.2, -0.15) is 0 Å². The van der Waals surface area contributed by atoms with Crippen LogP contribution in [0.15, 0.2) is 30.3 Å². The smallest absolute Gasteiger partial charge is 0.249 e. The molecule has 0 atom stereocenters. The number of hydrogen-bond acceptors (Lipinski definition) is 1. The van der Waals surface area contributed by atoms with E-state index in [1.165, 1.54) is 43.2 Å². The van der Waals surface area contributed by atoms with Crippen LogP contribution < -0.4 is 5.73 Å². The summed E-state index contributed by atoms with van der Waals surface area (Å²) in [7, 11) is 0. The Morgan fingerprint density at radius 1 is 1.23 bits per heavy atom. The molecule has 1 saturated carbocycles. The van der Waals surface area contributed by atoms with Crippen LogP contribution in [0.4, 0.5) is 0 Å². The third-order valence-corrected chi connectivity index (χ3v) is 5.91.